The van der Waals surface area contributed by atoms with Gasteiger partial charge in [0.1, 0.15) is 35.1 Å². The fourth-order valence-electron chi connectivity index (χ4n) is 5.52. The molecule has 0 atom stereocenters. The van der Waals surface area contributed by atoms with Gasteiger partial charge >= 0.3 is 0 Å². The minimum absolute atomic E-state index is 0.0500. The van der Waals surface area contributed by atoms with Crippen molar-refractivity contribution in [2.75, 3.05) is 31.8 Å². The summed E-state index contributed by atoms with van der Waals surface area (Å²) in [6.45, 7) is 1.63. The number of rotatable bonds is 8. The molecule has 1 amide bonds. The summed E-state index contributed by atoms with van der Waals surface area (Å²) in [4.78, 5) is 36.7. The Balaban J connectivity index is 1.64. The Bertz CT molecular complexity index is 2470. The van der Waals surface area contributed by atoms with Gasteiger partial charge in [-0.05, 0) is 73.7 Å². The predicted octanol–water partition coefficient (Wildman–Crippen LogP) is 5.71. The molecule has 6 aromatic rings. The summed E-state index contributed by atoms with van der Waals surface area (Å²) in [6.07, 6.45) is 2.37. The number of aryl methyl sites for hydroxylation is 1. The van der Waals surface area contributed by atoms with Gasteiger partial charge < -0.3 is 14.5 Å². The fraction of sp³-hybridized carbons (Fsp3) is 0.143. The number of nitrogens with one attached hydrogen (secondary N) is 1. The lowest BCUT2D eigenvalue weighted by molar-refractivity contribution is 0.0964. The van der Waals surface area contributed by atoms with Crippen LogP contribution in [0.4, 0.5) is 14.5 Å². The topological polar surface area (TPSA) is 137 Å². The van der Waals surface area contributed by atoms with Crippen LogP contribution in [0, 0.1) is 18.6 Å². The van der Waals surface area contributed by atoms with Crippen molar-refractivity contribution in [2.45, 2.75) is 6.92 Å². The molecule has 0 spiro atoms. The van der Waals surface area contributed by atoms with Gasteiger partial charge in [-0.15, -0.1) is 0 Å². The summed E-state index contributed by atoms with van der Waals surface area (Å²) in [5, 5.41) is 2.92. The van der Waals surface area contributed by atoms with Crippen LogP contribution < -0.4 is 15.2 Å². The summed E-state index contributed by atoms with van der Waals surface area (Å²) >= 11 is 0. The molecule has 250 valence electrons. The number of hydrogen-bond acceptors (Lipinski definition) is 8. The number of furan rings is 1. The minimum Gasteiger partial charge on any atom is -0.502 e. The number of amides is 1. The molecule has 0 bridgehead atoms. The van der Waals surface area contributed by atoms with Crippen LogP contribution in [-0.4, -0.2) is 56.3 Å². The normalized spacial score (nSPS) is 12.0. The van der Waals surface area contributed by atoms with E-state index in [-0.39, 0.29) is 50.6 Å². The first-order valence-electron chi connectivity index (χ1n) is 14.7. The lowest BCUT2D eigenvalue weighted by Crippen LogP contribution is -2.26. The average Bonchev–Trinajstić information content (AvgIpc) is 3.45. The Morgan fingerprint density at radius 1 is 1.00 bits per heavy atom. The largest absolute Gasteiger partial charge is 0.502 e. The number of halogens is 2. The molecular formula is C35H29F2N5O6S. The van der Waals surface area contributed by atoms with Crippen molar-refractivity contribution in [3.63, 3.8) is 0 Å². The van der Waals surface area contributed by atoms with Crippen molar-refractivity contribution < 1.29 is 31.1 Å². The van der Waals surface area contributed by atoms with Gasteiger partial charge in [0.2, 0.25) is 10.0 Å². The minimum atomic E-state index is -3.83. The van der Waals surface area contributed by atoms with Crippen LogP contribution in [0.5, 0.6) is 0 Å². The third-order valence-corrected chi connectivity index (χ3v) is 9.17. The Morgan fingerprint density at radius 2 is 1.65 bits per heavy atom. The van der Waals surface area contributed by atoms with E-state index >= 15 is 0 Å². The lowest BCUT2D eigenvalue weighted by Gasteiger charge is -2.20. The second-order valence-corrected chi connectivity index (χ2v) is 13.1. The van der Waals surface area contributed by atoms with Crippen LogP contribution >= 0.6 is 0 Å². The van der Waals surface area contributed by atoms with Gasteiger partial charge in [-0.2, -0.15) is 0 Å². The second kappa shape index (κ2) is 12.6. The highest BCUT2D eigenvalue weighted by Crippen LogP contribution is 2.41. The van der Waals surface area contributed by atoms with Crippen molar-refractivity contribution in [1.29, 1.82) is 0 Å². The predicted molar refractivity (Wildman–Crippen MR) is 183 cm³/mol. The summed E-state index contributed by atoms with van der Waals surface area (Å²) in [5.74, 6) is -0.983. The highest BCUT2D eigenvalue weighted by molar-refractivity contribution is 7.92. The van der Waals surface area contributed by atoms with Gasteiger partial charge in [-0.25, -0.2) is 27.2 Å². The van der Waals surface area contributed by atoms with Crippen LogP contribution in [0.15, 0.2) is 88.3 Å². The van der Waals surface area contributed by atoms with Crippen LogP contribution in [0.1, 0.15) is 21.7 Å². The zero-order chi connectivity index (χ0) is 35.2. The van der Waals surface area contributed by atoms with Gasteiger partial charge in [0.05, 0.1) is 41.5 Å². The maximum absolute atomic E-state index is 14.1. The van der Waals surface area contributed by atoms with Crippen molar-refractivity contribution in [2.24, 2.45) is 0 Å². The molecule has 3 heterocycles. The number of methoxy groups -OCH3 is 1. The number of aromatic nitrogens is 3. The van der Waals surface area contributed by atoms with Crippen LogP contribution in [-0.2, 0) is 14.8 Å². The van der Waals surface area contributed by atoms with E-state index in [1.807, 2.05) is 0 Å². The molecule has 3 aromatic carbocycles. The maximum Gasteiger partial charge on any atom is 0.284 e. The first kappa shape index (κ1) is 33.0. The van der Waals surface area contributed by atoms with Crippen molar-refractivity contribution in [3.8, 4) is 22.6 Å². The molecule has 6 rings (SSSR count). The van der Waals surface area contributed by atoms with Gasteiger partial charge in [-0.1, -0.05) is 0 Å². The molecule has 1 N–H and O–H groups in total. The first-order chi connectivity index (χ1) is 23.3. The van der Waals surface area contributed by atoms with E-state index in [1.165, 1.54) is 86.6 Å². The summed E-state index contributed by atoms with van der Waals surface area (Å²) in [6, 6.07) is 17.1. The average molecular weight is 686 g/mol. The number of ether oxygens (including phenoxy) is 1. The Hall–Kier alpha value is -5.89. The summed E-state index contributed by atoms with van der Waals surface area (Å²) < 4.78 is 66.9. The number of nitrogens with zero attached hydrogens (tertiary/aromatic N) is 4. The summed E-state index contributed by atoms with van der Waals surface area (Å²) in [5.41, 5.74) is 1.76. The smallest absolute Gasteiger partial charge is 0.284 e. The Kier molecular flexibility index (Phi) is 8.50. The van der Waals surface area contributed by atoms with Crippen LogP contribution in [0.3, 0.4) is 0 Å². The standard InChI is InChI=1S/C35H29F2N5O6S/c1-19-39-27-15-14-26(40-32(27)35(44)42(19)29(18-47-4)20-6-10-22(36)11-7-20)24-16-25-30(17-28(24)41(3)49(5,45)46)48-33(31(25)34(43)38-2)21-8-12-23(37)13-9-21/h6-18H,1-5H3,(H,38,43). The molecule has 0 saturated carbocycles. The van der Waals surface area contributed by atoms with E-state index in [2.05, 4.69) is 15.3 Å². The first-order valence-corrected chi connectivity index (χ1v) is 16.6. The van der Waals surface area contributed by atoms with Crippen molar-refractivity contribution in [3.05, 3.63) is 118 Å². The molecule has 0 aliphatic heterocycles. The van der Waals surface area contributed by atoms with E-state index in [1.54, 1.807) is 25.1 Å². The quantitative estimate of drug-likeness (QED) is 0.202. The van der Waals surface area contributed by atoms with Crippen LogP contribution in [0.2, 0.25) is 0 Å². The van der Waals surface area contributed by atoms with Gasteiger partial charge in [0.25, 0.3) is 11.5 Å². The number of benzene rings is 3. The molecular weight excluding hydrogens is 656 g/mol. The molecule has 0 fully saturated rings. The molecule has 3 aromatic heterocycles. The van der Waals surface area contributed by atoms with E-state index in [9.17, 15) is 26.8 Å². The van der Waals surface area contributed by atoms with Gasteiger partial charge in [-0.3, -0.25) is 18.5 Å². The second-order valence-electron chi connectivity index (χ2n) is 11.1. The number of pyridine rings is 1. The van der Waals surface area contributed by atoms with E-state index < -0.39 is 33.1 Å². The third-order valence-electron chi connectivity index (χ3n) is 7.98. The fourth-order valence-corrected chi connectivity index (χ4v) is 6.03. The van der Waals surface area contributed by atoms with E-state index in [0.29, 0.717) is 22.3 Å². The van der Waals surface area contributed by atoms with Crippen molar-refractivity contribution >= 4 is 49.3 Å². The number of carbonyl (C=O) groups is 1. The van der Waals surface area contributed by atoms with E-state index in [4.69, 9.17) is 9.15 Å². The number of hydrogen-bond donors (Lipinski definition) is 1. The molecule has 0 radical (unpaired) electrons. The maximum atomic E-state index is 14.1. The van der Waals surface area contributed by atoms with Crippen LogP contribution in [0.25, 0.3) is 50.3 Å². The Morgan fingerprint density at radius 3 is 2.27 bits per heavy atom. The Labute approximate surface area is 279 Å². The van der Waals surface area contributed by atoms with E-state index in [0.717, 1.165) is 10.6 Å². The van der Waals surface area contributed by atoms with Gasteiger partial charge in [0, 0.05) is 42.2 Å². The molecule has 14 heteroatoms. The van der Waals surface area contributed by atoms with Crippen molar-refractivity contribution in [1.82, 2.24) is 19.9 Å². The number of carbonyl (C=O) groups excluding carboxylic acids is 1. The molecule has 0 aliphatic carbocycles. The lowest BCUT2D eigenvalue weighted by atomic mass is 10.0. The highest BCUT2D eigenvalue weighted by Gasteiger charge is 2.27. The SMILES string of the molecule is CNC(=O)c1c(-c2ccc(F)cc2)oc2cc(N(C)S(C)(=O)=O)c(-c3ccc4nc(C)n(C(=COC)c5ccc(F)cc5)c(=O)c4n3)cc12. The molecule has 0 saturated heterocycles. The van der Waals surface area contributed by atoms with Gasteiger partial charge in [0.15, 0.2) is 5.52 Å². The summed E-state index contributed by atoms with van der Waals surface area (Å²) in [7, 11) is 0.382. The third kappa shape index (κ3) is 6.02. The molecule has 49 heavy (non-hydrogen) atoms. The number of anilines is 1. The number of fused-ring (bicyclic) bond motifs is 2. The molecule has 0 unspecified atom stereocenters. The highest BCUT2D eigenvalue weighted by atomic mass is 32.2. The molecule has 11 nitrogen and oxygen atoms in total. The number of sulfonamides is 1. The molecule has 0 aliphatic rings. The zero-order valence-electron chi connectivity index (χ0n) is 26.9. The zero-order valence-corrected chi connectivity index (χ0v) is 27.7. The monoisotopic (exact) mass is 685 g/mol.